The quantitative estimate of drug-likeness (QED) is 0.307. The summed E-state index contributed by atoms with van der Waals surface area (Å²) in [5.74, 6) is 3.80. The molecule has 1 amide bonds. The Hall–Kier alpha value is -0.770. The molecule has 11 unspecified atom stereocenters. The van der Waals surface area contributed by atoms with Gasteiger partial charge >= 0.3 is 0 Å². The Balaban J connectivity index is 1.02. The molecule has 3 aliphatic carbocycles. The average molecular weight is 502 g/mol. The van der Waals surface area contributed by atoms with Crippen molar-refractivity contribution < 1.29 is 4.79 Å². The predicted octanol–water partition coefficient (Wildman–Crippen LogP) is 1.55. The van der Waals surface area contributed by atoms with Crippen LogP contribution >= 0.6 is 0 Å². The maximum absolute atomic E-state index is 13.2. The van der Waals surface area contributed by atoms with Crippen LogP contribution in [0.5, 0.6) is 0 Å². The molecular formula is C28H51N7O. The molecule has 3 aliphatic heterocycles. The number of carbonyl (C=O) groups excluding carboxylic acids is 1. The van der Waals surface area contributed by atoms with Crippen molar-refractivity contribution in [3.05, 3.63) is 0 Å². The topological polar surface area (TPSA) is 101 Å². The summed E-state index contributed by atoms with van der Waals surface area (Å²) in [5, 5.41) is 18.9. The van der Waals surface area contributed by atoms with Gasteiger partial charge in [0.25, 0.3) is 0 Å². The first-order valence-electron chi connectivity index (χ1n) is 15.4. The fourth-order valence-electron chi connectivity index (χ4n) is 8.76. The largest absolute Gasteiger partial charge is 0.352 e. The lowest BCUT2D eigenvalue weighted by Crippen LogP contribution is -2.67. The van der Waals surface area contributed by atoms with Gasteiger partial charge in [-0.1, -0.05) is 32.6 Å². The highest BCUT2D eigenvalue weighted by Gasteiger charge is 2.43. The van der Waals surface area contributed by atoms with E-state index in [0.717, 1.165) is 50.0 Å². The van der Waals surface area contributed by atoms with Crippen LogP contribution in [0.15, 0.2) is 0 Å². The van der Waals surface area contributed by atoms with E-state index < -0.39 is 0 Å². The SMILES string of the molecule is CC1CCC(NC(=O)C2NNC3CCCCC32)CC1NC1NCCC(C2CNCC3CCCCC32)N1. The molecule has 0 aromatic heterocycles. The number of rotatable bonds is 5. The van der Waals surface area contributed by atoms with Crippen molar-refractivity contribution >= 4 is 5.91 Å². The van der Waals surface area contributed by atoms with Crippen molar-refractivity contribution in [3.8, 4) is 0 Å². The van der Waals surface area contributed by atoms with Gasteiger partial charge in [0.2, 0.25) is 5.91 Å². The van der Waals surface area contributed by atoms with E-state index in [2.05, 4.69) is 44.4 Å². The number of amides is 1. The van der Waals surface area contributed by atoms with Crippen LogP contribution in [0.2, 0.25) is 0 Å². The molecule has 3 saturated heterocycles. The molecule has 0 spiro atoms. The van der Waals surface area contributed by atoms with Gasteiger partial charge in [-0.3, -0.25) is 26.2 Å². The van der Waals surface area contributed by atoms with E-state index in [4.69, 9.17) is 0 Å². The number of hydrazine groups is 1. The Morgan fingerprint density at radius 3 is 2.56 bits per heavy atom. The lowest BCUT2D eigenvalue weighted by Gasteiger charge is -2.48. The standard InChI is InChI=1S/C28H51N7O/c1-17-10-11-19(31-27(36)26-21-8-4-5-9-24(21)34-35-26)14-25(17)33-28-30-13-12-23(32-28)22-16-29-15-18-6-2-3-7-20(18)22/h17-26,28-30,32-35H,2-16H2,1H3,(H,31,36). The Labute approximate surface area is 218 Å². The van der Waals surface area contributed by atoms with Gasteiger partial charge in [-0.15, -0.1) is 0 Å². The number of hydrogen-bond donors (Lipinski definition) is 7. The van der Waals surface area contributed by atoms with E-state index in [1.807, 2.05) is 0 Å². The number of fused-ring (bicyclic) bond motifs is 2. The summed E-state index contributed by atoms with van der Waals surface area (Å²) in [5.41, 5.74) is 6.73. The van der Waals surface area contributed by atoms with Crippen LogP contribution < -0.4 is 37.4 Å². The van der Waals surface area contributed by atoms with Crippen LogP contribution in [0.3, 0.4) is 0 Å². The molecule has 6 rings (SSSR count). The highest BCUT2D eigenvalue weighted by atomic mass is 16.2. The van der Waals surface area contributed by atoms with Crippen molar-refractivity contribution in [1.82, 2.24) is 37.4 Å². The maximum atomic E-state index is 13.2. The second kappa shape index (κ2) is 11.5. The summed E-state index contributed by atoms with van der Waals surface area (Å²) in [4.78, 5) is 13.2. The monoisotopic (exact) mass is 501 g/mol. The van der Waals surface area contributed by atoms with Gasteiger partial charge in [0.1, 0.15) is 12.3 Å². The lowest BCUT2D eigenvalue weighted by molar-refractivity contribution is -0.125. The molecule has 8 nitrogen and oxygen atoms in total. The van der Waals surface area contributed by atoms with Crippen LogP contribution in [0.25, 0.3) is 0 Å². The number of hydrogen-bond acceptors (Lipinski definition) is 7. The molecule has 3 saturated carbocycles. The second-order valence-corrected chi connectivity index (χ2v) is 13.1. The van der Waals surface area contributed by atoms with Gasteiger partial charge < -0.3 is 10.6 Å². The molecule has 8 heteroatoms. The maximum Gasteiger partial charge on any atom is 0.239 e. The van der Waals surface area contributed by atoms with Crippen LogP contribution in [0, 0.1) is 29.6 Å². The second-order valence-electron chi connectivity index (χ2n) is 13.1. The molecule has 36 heavy (non-hydrogen) atoms. The van der Waals surface area contributed by atoms with E-state index in [0.29, 0.717) is 30.0 Å². The first-order valence-corrected chi connectivity index (χ1v) is 15.4. The third kappa shape index (κ3) is 5.50. The molecular weight excluding hydrogens is 450 g/mol. The van der Waals surface area contributed by atoms with Crippen LogP contribution in [-0.2, 0) is 4.79 Å². The molecule has 0 bridgehead atoms. The van der Waals surface area contributed by atoms with E-state index >= 15 is 0 Å². The van der Waals surface area contributed by atoms with E-state index in [9.17, 15) is 4.79 Å². The van der Waals surface area contributed by atoms with E-state index in [1.54, 1.807) is 0 Å². The minimum Gasteiger partial charge on any atom is -0.352 e. The normalized spacial score (nSPS) is 47.5. The minimum absolute atomic E-state index is 0.0730. The van der Waals surface area contributed by atoms with Crippen molar-refractivity contribution in [2.75, 3.05) is 19.6 Å². The smallest absolute Gasteiger partial charge is 0.239 e. The van der Waals surface area contributed by atoms with Gasteiger partial charge in [0, 0.05) is 30.1 Å². The summed E-state index contributed by atoms with van der Waals surface area (Å²) >= 11 is 0. The molecule has 3 heterocycles. The zero-order chi connectivity index (χ0) is 24.5. The van der Waals surface area contributed by atoms with Crippen LogP contribution in [0.1, 0.15) is 84.0 Å². The van der Waals surface area contributed by atoms with Crippen molar-refractivity contribution in [2.24, 2.45) is 29.6 Å². The first kappa shape index (κ1) is 25.5. The Bertz CT molecular complexity index is 749. The molecule has 7 N–H and O–H groups in total. The van der Waals surface area contributed by atoms with E-state index in [-0.39, 0.29) is 24.3 Å². The summed E-state index contributed by atoms with van der Waals surface area (Å²) in [6, 6.07) is 1.66. The van der Waals surface area contributed by atoms with Crippen molar-refractivity contribution in [2.45, 2.75) is 120 Å². The lowest BCUT2D eigenvalue weighted by atomic mass is 9.67. The molecule has 0 aromatic rings. The van der Waals surface area contributed by atoms with Crippen molar-refractivity contribution in [3.63, 3.8) is 0 Å². The van der Waals surface area contributed by atoms with Crippen LogP contribution in [0.4, 0.5) is 0 Å². The Morgan fingerprint density at radius 2 is 1.64 bits per heavy atom. The molecule has 6 aliphatic rings. The number of nitrogens with one attached hydrogen (secondary N) is 7. The zero-order valence-electron chi connectivity index (χ0n) is 22.4. The van der Waals surface area contributed by atoms with Crippen molar-refractivity contribution in [1.29, 1.82) is 0 Å². The van der Waals surface area contributed by atoms with Gasteiger partial charge in [-0.2, -0.15) is 0 Å². The average Bonchev–Trinajstić information content (AvgIpc) is 3.35. The summed E-state index contributed by atoms with van der Waals surface area (Å²) in [7, 11) is 0. The molecule has 0 aromatic carbocycles. The minimum atomic E-state index is -0.0730. The highest BCUT2D eigenvalue weighted by Crippen LogP contribution is 2.39. The van der Waals surface area contributed by atoms with Gasteiger partial charge in [0.15, 0.2) is 0 Å². The number of piperidine rings is 1. The number of carbonyl (C=O) groups is 1. The molecule has 11 atom stereocenters. The van der Waals surface area contributed by atoms with Gasteiger partial charge in [0.05, 0.1) is 0 Å². The molecule has 6 fully saturated rings. The zero-order valence-corrected chi connectivity index (χ0v) is 22.4. The highest BCUT2D eigenvalue weighted by molar-refractivity contribution is 5.82. The molecule has 204 valence electrons. The summed E-state index contributed by atoms with van der Waals surface area (Å²) in [6.07, 6.45) is 15.2. The van der Waals surface area contributed by atoms with E-state index in [1.165, 1.54) is 64.5 Å². The Morgan fingerprint density at radius 1 is 0.806 bits per heavy atom. The Kier molecular flexibility index (Phi) is 8.18. The third-order valence-corrected chi connectivity index (χ3v) is 10.9. The third-order valence-electron chi connectivity index (χ3n) is 10.9. The van der Waals surface area contributed by atoms with Gasteiger partial charge in [-0.05, 0) is 94.7 Å². The molecule has 0 radical (unpaired) electrons. The van der Waals surface area contributed by atoms with Gasteiger partial charge in [-0.25, -0.2) is 5.43 Å². The fraction of sp³-hybridized carbons (Fsp3) is 0.964. The fourth-order valence-corrected chi connectivity index (χ4v) is 8.76. The summed E-state index contributed by atoms with van der Waals surface area (Å²) in [6.45, 7) is 5.86. The summed E-state index contributed by atoms with van der Waals surface area (Å²) < 4.78 is 0. The predicted molar refractivity (Wildman–Crippen MR) is 143 cm³/mol. The van der Waals surface area contributed by atoms with Crippen LogP contribution in [-0.4, -0.2) is 62.0 Å². The first-order chi connectivity index (χ1) is 17.7.